The number of anilines is 1. The minimum absolute atomic E-state index is 0.0768. The van der Waals surface area contributed by atoms with E-state index in [1.54, 1.807) is 6.07 Å². The molecule has 0 aromatic carbocycles. The molecule has 3 heterocycles. The standard InChI is InChI=1S/C15H22F3N7/c1-23-8-10-24(11-9-23)7-3-2-6-19-12-4-5-13-20-21-14(15(16,17)18)25(13)22-12/h4-5H,2-3,6-11H2,1H3,(H,19,22). The summed E-state index contributed by atoms with van der Waals surface area (Å²) in [7, 11) is 2.13. The fourth-order valence-electron chi connectivity index (χ4n) is 2.81. The molecule has 0 atom stereocenters. The molecule has 1 aliphatic heterocycles. The summed E-state index contributed by atoms with van der Waals surface area (Å²) in [6.07, 6.45) is -2.60. The molecule has 1 fully saturated rings. The van der Waals surface area contributed by atoms with Gasteiger partial charge in [-0.1, -0.05) is 0 Å². The average molecular weight is 357 g/mol. The lowest BCUT2D eigenvalue weighted by Gasteiger charge is -2.32. The first-order valence-electron chi connectivity index (χ1n) is 8.38. The molecule has 10 heteroatoms. The highest BCUT2D eigenvalue weighted by atomic mass is 19.4. The second kappa shape index (κ2) is 7.52. The van der Waals surface area contributed by atoms with Gasteiger partial charge in [0.25, 0.3) is 5.82 Å². The molecule has 0 radical (unpaired) electrons. The van der Waals surface area contributed by atoms with Crippen molar-refractivity contribution >= 4 is 11.5 Å². The van der Waals surface area contributed by atoms with Gasteiger partial charge < -0.3 is 15.1 Å². The number of unbranched alkanes of at least 4 members (excludes halogenated alkanes) is 1. The monoisotopic (exact) mass is 357 g/mol. The van der Waals surface area contributed by atoms with E-state index in [0.29, 0.717) is 12.4 Å². The summed E-state index contributed by atoms with van der Waals surface area (Å²) in [5, 5.41) is 13.7. The third-order valence-corrected chi connectivity index (χ3v) is 4.32. The number of nitrogens with zero attached hydrogens (tertiary/aromatic N) is 6. The highest BCUT2D eigenvalue weighted by Gasteiger charge is 2.37. The summed E-state index contributed by atoms with van der Waals surface area (Å²) in [6, 6.07) is 3.09. The molecule has 25 heavy (non-hydrogen) atoms. The molecule has 1 saturated heterocycles. The maximum absolute atomic E-state index is 12.8. The lowest BCUT2D eigenvalue weighted by molar-refractivity contribution is -0.146. The third kappa shape index (κ3) is 4.57. The number of nitrogens with one attached hydrogen (secondary N) is 1. The van der Waals surface area contributed by atoms with Crippen LogP contribution < -0.4 is 5.32 Å². The number of alkyl halides is 3. The maximum atomic E-state index is 12.8. The van der Waals surface area contributed by atoms with E-state index in [1.807, 2.05) is 0 Å². The van der Waals surface area contributed by atoms with Gasteiger partial charge in [0.1, 0.15) is 5.82 Å². The average Bonchev–Trinajstić information content (AvgIpc) is 2.99. The highest BCUT2D eigenvalue weighted by molar-refractivity contribution is 5.44. The third-order valence-electron chi connectivity index (χ3n) is 4.32. The second-order valence-electron chi connectivity index (χ2n) is 6.29. The molecule has 0 unspecified atom stereocenters. The molecule has 2 aromatic heterocycles. The van der Waals surface area contributed by atoms with E-state index in [-0.39, 0.29) is 5.65 Å². The minimum Gasteiger partial charge on any atom is -0.369 e. The Morgan fingerprint density at radius 1 is 1.08 bits per heavy atom. The Labute approximate surface area is 143 Å². The number of rotatable bonds is 6. The highest BCUT2D eigenvalue weighted by Crippen LogP contribution is 2.27. The summed E-state index contributed by atoms with van der Waals surface area (Å²) in [5.74, 6) is -0.724. The van der Waals surface area contributed by atoms with Gasteiger partial charge in [0, 0.05) is 32.7 Å². The van der Waals surface area contributed by atoms with Crippen LogP contribution in [-0.2, 0) is 6.18 Å². The lowest BCUT2D eigenvalue weighted by Crippen LogP contribution is -2.44. The van der Waals surface area contributed by atoms with Crippen molar-refractivity contribution in [3.8, 4) is 0 Å². The fraction of sp³-hybridized carbons (Fsp3) is 0.667. The predicted molar refractivity (Wildman–Crippen MR) is 87.4 cm³/mol. The minimum atomic E-state index is -4.58. The number of halogens is 3. The van der Waals surface area contributed by atoms with E-state index < -0.39 is 12.0 Å². The van der Waals surface area contributed by atoms with Crippen molar-refractivity contribution in [3.05, 3.63) is 18.0 Å². The molecule has 1 N–H and O–H groups in total. The number of fused-ring (bicyclic) bond motifs is 1. The zero-order valence-corrected chi connectivity index (χ0v) is 14.1. The molecule has 7 nitrogen and oxygen atoms in total. The maximum Gasteiger partial charge on any atom is 0.453 e. The van der Waals surface area contributed by atoms with Gasteiger partial charge >= 0.3 is 6.18 Å². The lowest BCUT2D eigenvalue weighted by atomic mass is 10.2. The van der Waals surface area contributed by atoms with E-state index in [2.05, 4.69) is 37.5 Å². The van der Waals surface area contributed by atoms with Crippen LogP contribution in [0.1, 0.15) is 18.7 Å². The molecular weight excluding hydrogens is 335 g/mol. The summed E-state index contributed by atoms with van der Waals surface area (Å²) >= 11 is 0. The Balaban J connectivity index is 1.47. The van der Waals surface area contributed by atoms with E-state index in [0.717, 1.165) is 50.1 Å². The van der Waals surface area contributed by atoms with Crippen LogP contribution in [0.15, 0.2) is 12.1 Å². The van der Waals surface area contributed by atoms with Crippen molar-refractivity contribution in [2.24, 2.45) is 0 Å². The number of aromatic nitrogens is 4. The molecule has 3 rings (SSSR count). The fourth-order valence-corrected chi connectivity index (χ4v) is 2.81. The molecule has 0 saturated carbocycles. The Morgan fingerprint density at radius 3 is 2.56 bits per heavy atom. The quantitative estimate of drug-likeness (QED) is 0.792. The van der Waals surface area contributed by atoms with Crippen molar-refractivity contribution in [1.82, 2.24) is 29.6 Å². The molecule has 0 aliphatic carbocycles. The summed E-state index contributed by atoms with van der Waals surface area (Å²) < 4.78 is 39.3. The van der Waals surface area contributed by atoms with Gasteiger partial charge in [-0.05, 0) is 38.6 Å². The van der Waals surface area contributed by atoms with Crippen LogP contribution in [0.2, 0.25) is 0 Å². The van der Waals surface area contributed by atoms with Crippen LogP contribution in [0.25, 0.3) is 5.65 Å². The number of likely N-dealkylation sites (N-methyl/N-ethyl adjacent to an activating group) is 1. The molecule has 0 spiro atoms. The molecule has 138 valence electrons. The van der Waals surface area contributed by atoms with Crippen LogP contribution in [0.5, 0.6) is 0 Å². The Kier molecular flexibility index (Phi) is 5.38. The van der Waals surface area contributed by atoms with Crippen LogP contribution in [0.3, 0.4) is 0 Å². The van der Waals surface area contributed by atoms with Gasteiger partial charge in [-0.25, -0.2) is 0 Å². The Morgan fingerprint density at radius 2 is 1.84 bits per heavy atom. The van der Waals surface area contributed by atoms with Crippen LogP contribution in [0, 0.1) is 0 Å². The van der Waals surface area contributed by atoms with Crippen molar-refractivity contribution in [2.75, 3.05) is 51.6 Å². The predicted octanol–water partition coefficient (Wildman–Crippen LogP) is 1.58. The largest absolute Gasteiger partial charge is 0.453 e. The van der Waals surface area contributed by atoms with Gasteiger partial charge in [-0.15, -0.1) is 15.3 Å². The number of piperazine rings is 1. The SMILES string of the molecule is CN1CCN(CCCCNc2ccc3nnc(C(F)(F)F)n3n2)CC1. The second-order valence-corrected chi connectivity index (χ2v) is 6.29. The van der Waals surface area contributed by atoms with Gasteiger partial charge in [0.05, 0.1) is 0 Å². The smallest absolute Gasteiger partial charge is 0.369 e. The molecular formula is C15H22F3N7. The number of hydrogen-bond acceptors (Lipinski definition) is 6. The topological polar surface area (TPSA) is 61.6 Å². The van der Waals surface area contributed by atoms with Crippen molar-refractivity contribution in [1.29, 1.82) is 0 Å². The van der Waals surface area contributed by atoms with Crippen molar-refractivity contribution in [2.45, 2.75) is 19.0 Å². The molecule has 1 aliphatic rings. The number of hydrogen-bond donors (Lipinski definition) is 1. The van der Waals surface area contributed by atoms with E-state index in [4.69, 9.17) is 0 Å². The van der Waals surface area contributed by atoms with E-state index >= 15 is 0 Å². The van der Waals surface area contributed by atoms with Crippen LogP contribution in [0.4, 0.5) is 19.0 Å². The van der Waals surface area contributed by atoms with Crippen molar-refractivity contribution < 1.29 is 13.2 Å². The molecule has 0 amide bonds. The van der Waals surface area contributed by atoms with E-state index in [1.165, 1.54) is 6.07 Å². The van der Waals surface area contributed by atoms with Gasteiger partial charge in [-0.3, -0.25) is 0 Å². The Bertz CT molecular complexity index is 692. The first-order valence-corrected chi connectivity index (χ1v) is 8.38. The molecule has 2 aromatic rings. The van der Waals surface area contributed by atoms with Crippen LogP contribution in [-0.4, -0.2) is 75.9 Å². The van der Waals surface area contributed by atoms with Gasteiger partial charge in [-0.2, -0.15) is 17.7 Å². The molecule has 0 bridgehead atoms. The zero-order chi connectivity index (χ0) is 17.9. The summed E-state index contributed by atoms with van der Waals surface area (Å²) in [5.41, 5.74) is 0.0768. The first-order chi connectivity index (χ1) is 11.9. The summed E-state index contributed by atoms with van der Waals surface area (Å²) in [6.45, 7) is 6.10. The normalized spacial score (nSPS) is 17.3. The van der Waals surface area contributed by atoms with Gasteiger partial charge in [0.2, 0.25) is 0 Å². The van der Waals surface area contributed by atoms with Crippen molar-refractivity contribution in [3.63, 3.8) is 0 Å². The summed E-state index contributed by atoms with van der Waals surface area (Å²) in [4.78, 5) is 4.76. The first kappa shape index (κ1) is 17.9. The van der Waals surface area contributed by atoms with E-state index in [9.17, 15) is 13.2 Å². The Hall–Kier alpha value is -1.94. The zero-order valence-electron chi connectivity index (χ0n) is 14.1. The van der Waals surface area contributed by atoms with Crippen LogP contribution >= 0.6 is 0 Å². The van der Waals surface area contributed by atoms with Gasteiger partial charge in [0.15, 0.2) is 5.65 Å².